The van der Waals surface area contributed by atoms with Crippen LogP contribution >= 0.6 is 11.6 Å². The molecule has 0 radical (unpaired) electrons. The summed E-state index contributed by atoms with van der Waals surface area (Å²) in [4.78, 5) is 15.3. The average molecular weight is 530 g/mol. The number of hydrogen-bond donors (Lipinski definition) is 1. The first-order valence-electron chi connectivity index (χ1n) is 13.6. The molecule has 0 atom stereocenters. The molecule has 0 aliphatic carbocycles. The van der Waals surface area contributed by atoms with E-state index in [4.69, 9.17) is 27.9 Å². The second-order valence-corrected chi connectivity index (χ2v) is 11.4. The predicted octanol–water partition coefficient (Wildman–Crippen LogP) is 6.80. The lowest BCUT2D eigenvalue weighted by molar-refractivity contribution is 0.221. The third-order valence-electron chi connectivity index (χ3n) is 8.27. The van der Waals surface area contributed by atoms with Crippen LogP contribution in [-0.2, 0) is 12.0 Å². The van der Waals surface area contributed by atoms with Gasteiger partial charge in [-0.15, -0.1) is 0 Å². The van der Waals surface area contributed by atoms with E-state index in [1.807, 2.05) is 36.5 Å². The van der Waals surface area contributed by atoms with Crippen molar-refractivity contribution < 1.29 is 4.74 Å². The number of halogens is 1. The minimum Gasteiger partial charge on any atom is -0.487 e. The van der Waals surface area contributed by atoms with Crippen molar-refractivity contribution in [1.82, 2.24) is 15.3 Å². The lowest BCUT2D eigenvalue weighted by atomic mass is 9.78. The summed E-state index contributed by atoms with van der Waals surface area (Å²) >= 11 is 6.27. The molecule has 2 fully saturated rings. The summed E-state index contributed by atoms with van der Waals surface area (Å²) in [7, 11) is 0. The Morgan fingerprint density at radius 2 is 1.71 bits per heavy atom. The van der Waals surface area contributed by atoms with Crippen LogP contribution in [-0.4, -0.2) is 36.1 Å². The van der Waals surface area contributed by atoms with Gasteiger partial charge in [0.25, 0.3) is 0 Å². The number of benzene rings is 2. The predicted molar refractivity (Wildman–Crippen MR) is 153 cm³/mol. The van der Waals surface area contributed by atoms with Crippen LogP contribution in [0, 0.1) is 18.4 Å². The van der Waals surface area contributed by atoms with E-state index in [2.05, 4.69) is 46.0 Å². The van der Waals surface area contributed by atoms with Gasteiger partial charge in [-0.3, -0.25) is 0 Å². The van der Waals surface area contributed by atoms with Gasteiger partial charge in [0.2, 0.25) is 5.95 Å². The second kappa shape index (κ2) is 11.7. The minimum absolute atomic E-state index is 0.300. The maximum Gasteiger partial charge on any atom is 0.225 e. The Balaban J connectivity index is 1.18. The molecule has 7 heteroatoms. The number of nitrogens with one attached hydrogen (secondary N) is 1. The summed E-state index contributed by atoms with van der Waals surface area (Å²) in [6, 6.07) is 15.6. The standard InChI is InChI=1S/C31H36ClN5O/c1-31(2,25-18-26(32)20-28(19-25)33-3)24-4-6-29(7-5-24)38-21-27-10-15-35-30(36-27)37-16-11-23(12-17-37)22-8-13-34-14-9-22/h4-7,10,15,18-20,22-23,34H,8-9,11-14,16-17,21H2,1-2H3. The van der Waals surface area contributed by atoms with Crippen molar-refractivity contribution in [3.8, 4) is 5.75 Å². The van der Waals surface area contributed by atoms with Crippen molar-refractivity contribution in [2.45, 2.75) is 51.6 Å². The number of aromatic nitrogens is 2. The highest BCUT2D eigenvalue weighted by molar-refractivity contribution is 6.31. The highest BCUT2D eigenvalue weighted by Gasteiger charge is 2.28. The summed E-state index contributed by atoms with van der Waals surface area (Å²) in [5.74, 6) is 3.31. The van der Waals surface area contributed by atoms with Crippen LogP contribution in [0.3, 0.4) is 0 Å². The fourth-order valence-corrected chi connectivity index (χ4v) is 6.02. The van der Waals surface area contributed by atoms with Gasteiger partial charge >= 0.3 is 0 Å². The molecule has 3 aromatic rings. The summed E-state index contributed by atoms with van der Waals surface area (Å²) in [6.45, 7) is 16.4. The molecule has 3 heterocycles. The van der Waals surface area contributed by atoms with Gasteiger partial charge < -0.3 is 15.0 Å². The Hall–Kier alpha value is -3.14. The number of rotatable bonds is 7. The van der Waals surface area contributed by atoms with E-state index in [0.717, 1.165) is 53.4 Å². The van der Waals surface area contributed by atoms with Crippen molar-refractivity contribution in [2.75, 3.05) is 31.1 Å². The smallest absolute Gasteiger partial charge is 0.225 e. The van der Waals surface area contributed by atoms with Crippen molar-refractivity contribution in [3.05, 3.63) is 88.0 Å². The molecule has 1 aromatic heterocycles. The van der Waals surface area contributed by atoms with Crippen LogP contribution in [0.25, 0.3) is 4.85 Å². The monoisotopic (exact) mass is 529 g/mol. The van der Waals surface area contributed by atoms with Crippen LogP contribution in [0.4, 0.5) is 11.6 Å². The van der Waals surface area contributed by atoms with Gasteiger partial charge in [0.1, 0.15) is 12.4 Å². The molecule has 0 amide bonds. The Morgan fingerprint density at radius 3 is 2.42 bits per heavy atom. The zero-order chi connectivity index (χ0) is 26.5. The van der Waals surface area contributed by atoms with E-state index < -0.39 is 0 Å². The quantitative estimate of drug-likeness (QED) is 0.341. The highest BCUT2D eigenvalue weighted by atomic mass is 35.5. The number of anilines is 1. The van der Waals surface area contributed by atoms with Gasteiger partial charge in [-0.2, -0.15) is 0 Å². The number of nitrogens with zero attached hydrogens (tertiary/aromatic N) is 4. The largest absolute Gasteiger partial charge is 0.487 e. The molecule has 0 unspecified atom stereocenters. The van der Waals surface area contributed by atoms with Crippen molar-refractivity contribution in [3.63, 3.8) is 0 Å². The van der Waals surface area contributed by atoms with Crippen molar-refractivity contribution in [1.29, 1.82) is 0 Å². The van der Waals surface area contributed by atoms with Crippen LogP contribution in [0.1, 0.15) is 56.4 Å². The first-order chi connectivity index (χ1) is 18.4. The number of piperidine rings is 2. The molecule has 2 saturated heterocycles. The maximum atomic E-state index is 7.35. The Kier molecular flexibility index (Phi) is 8.16. The lowest BCUT2D eigenvalue weighted by Gasteiger charge is -2.37. The van der Waals surface area contributed by atoms with Crippen LogP contribution in [0.2, 0.25) is 5.02 Å². The molecule has 2 aliphatic heterocycles. The normalized spacial score (nSPS) is 17.3. The van der Waals surface area contributed by atoms with Gasteiger partial charge in [-0.1, -0.05) is 43.6 Å². The molecule has 0 saturated carbocycles. The zero-order valence-electron chi connectivity index (χ0n) is 22.3. The van der Waals surface area contributed by atoms with Gasteiger partial charge in [0.15, 0.2) is 5.69 Å². The fourth-order valence-electron chi connectivity index (χ4n) is 5.80. The molecule has 38 heavy (non-hydrogen) atoms. The van der Waals surface area contributed by atoms with Crippen LogP contribution in [0.5, 0.6) is 5.75 Å². The van der Waals surface area contributed by atoms with Gasteiger partial charge in [0, 0.05) is 29.7 Å². The third kappa shape index (κ3) is 6.11. The molecular formula is C31H36ClN5O. The molecule has 2 aromatic carbocycles. The second-order valence-electron chi connectivity index (χ2n) is 11.0. The van der Waals surface area contributed by atoms with E-state index in [-0.39, 0.29) is 5.41 Å². The maximum absolute atomic E-state index is 7.35. The van der Waals surface area contributed by atoms with E-state index in [1.165, 1.54) is 38.8 Å². The first-order valence-corrected chi connectivity index (χ1v) is 14.0. The number of hydrogen-bond acceptors (Lipinski definition) is 5. The molecule has 2 aliphatic rings. The molecule has 5 rings (SSSR count). The van der Waals surface area contributed by atoms with E-state index >= 15 is 0 Å². The van der Waals surface area contributed by atoms with E-state index in [9.17, 15) is 0 Å². The molecule has 1 N–H and O–H groups in total. The summed E-state index contributed by atoms with van der Waals surface area (Å²) in [5.41, 5.74) is 3.27. The van der Waals surface area contributed by atoms with E-state index in [0.29, 0.717) is 17.3 Å². The fraction of sp³-hybridized carbons (Fsp3) is 0.452. The topological polar surface area (TPSA) is 54.6 Å². The first kappa shape index (κ1) is 26.5. The number of ether oxygens (including phenoxy) is 1. The highest BCUT2D eigenvalue weighted by Crippen LogP contribution is 2.36. The third-order valence-corrected chi connectivity index (χ3v) is 8.49. The Labute approximate surface area is 231 Å². The average Bonchev–Trinajstić information content (AvgIpc) is 2.96. The minimum atomic E-state index is -0.300. The Bertz CT molecular complexity index is 1270. The molecule has 6 nitrogen and oxygen atoms in total. The van der Waals surface area contributed by atoms with Crippen molar-refractivity contribution >= 4 is 23.2 Å². The van der Waals surface area contributed by atoms with E-state index in [1.54, 1.807) is 6.07 Å². The van der Waals surface area contributed by atoms with Gasteiger partial charge in [-0.25, -0.2) is 14.8 Å². The molecular weight excluding hydrogens is 494 g/mol. The van der Waals surface area contributed by atoms with Crippen LogP contribution < -0.4 is 15.0 Å². The Morgan fingerprint density at radius 1 is 1.00 bits per heavy atom. The molecule has 0 spiro atoms. The zero-order valence-corrected chi connectivity index (χ0v) is 23.0. The van der Waals surface area contributed by atoms with Gasteiger partial charge in [-0.05, 0) is 92.1 Å². The van der Waals surface area contributed by atoms with Crippen molar-refractivity contribution in [2.24, 2.45) is 11.8 Å². The molecule has 0 bridgehead atoms. The summed E-state index contributed by atoms with van der Waals surface area (Å²) in [6.07, 6.45) is 6.93. The lowest BCUT2D eigenvalue weighted by Crippen LogP contribution is -2.40. The van der Waals surface area contributed by atoms with Gasteiger partial charge in [0.05, 0.1) is 12.3 Å². The molecule has 198 valence electrons. The summed E-state index contributed by atoms with van der Waals surface area (Å²) in [5, 5.41) is 4.06. The SMILES string of the molecule is [C-]#[N+]c1cc(Cl)cc(C(C)(C)c2ccc(OCc3ccnc(N4CCC(C5CCNCC5)CC4)n3)cc2)c1. The van der Waals surface area contributed by atoms with Crippen LogP contribution in [0.15, 0.2) is 54.7 Å². The summed E-state index contributed by atoms with van der Waals surface area (Å²) < 4.78 is 6.08.